The lowest BCUT2D eigenvalue weighted by Crippen LogP contribution is -2.49. The first kappa shape index (κ1) is 19.6. The summed E-state index contributed by atoms with van der Waals surface area (Å²) in [5, 5.41) is 2.71. The zero-order valence-electron chi connectivity index (χ0n) is 16.9. The molecule has 1 amide bonds. The SMILES string of the molecule is CCC(C)N1CCN(c2ccc(N=CC3C(=O)Nc4cc(F)ccc43)cc2)CC1. The van der Waals surface area contributed by atoms with Crippen LogP contribution in [0, 0.1) is 5.82 Å². The number of nitrogens with zero attached hydrogens (tertiary/aromatic N) is 3. The van der Waals surface area contributed by atoms with Crippen LogP contribution in [0.2, 0.25) is 0 Å². The Morgan fingerprint density at radius 1 is 1.17 bits per heavy atom. The molecule has 2 heterocycles. The topological polar surface area (TPSA) is 47.9 Å². The van der Waals surface area contributed by atoms with Gasteiger partial charge in [-0.05, 0) is 55.3 Å². The Morgan fingerprint density at radius 2 is 1.90 bits per heavy atom. The van der Waals surface area contributed by atoms with Gasteiger partial charge in [0, 0.05) is 49.8 Å². The molecule has 2 aromatic rings. The predicted molar refractivity (Wildman–Crippen MR) is 116 cm³/mol. The number of piperazine rings is 1. The van der Waals surface area contributed by atoms with Crippen LogP contribution < -0.4 is 10.2 Å². The fourth-order valence-electron chi connectivity index (χ4n) is 4.00. The third kappa shape index (κ3) is 4.17. The third-order valence-corrected chi connectivity index (χ3v) is 6.01. The summed E-state index contributed by atoms with van der Waals surface area (Å²) in [7, 11) is 0. The summed E-state index contributed by atoms with van der Waals surface area (Å²) in [6.07, 6.45) is 2.82. The van der Waals surface area contributed by atoms with Crippen LogP contribution in [0.25, 0.3) is 0 Å². The summed E-state index contributed by atoms with van der Waals surface area (Å²) < 4.78 is 13.3. The smallest absolute Gasteiger partial charge is 0.237 e. The molecule has 0 spiro atoms. The monoisotopic (exact) mass is 394 g/mol. The summed E-state index contributed by atoms with van der Waals surface area (Å²) in [5.41, 5.74) is 3.29. The van der Waals surface area contributed by atoms with Crippen LogP contribution in [-0.4, -0.2) is 49.2 Å². The first-order valence-corrected chi connectivity index (χ1v) is 10.3. The van der Waals surface area contributed by atoms with Gasteiger partial charge in [-0.2, -0.15) is 0 Å². The Balaban J connectivity index is 1.40. The van der Waals surface area contributed by atoms with E-state index < -0.39 is 5.92 Å². The summed E-state index contributed by atoms with van der Waals surface area (Å²) in [5.74, 6) is -1.02. The van der Waals surface area contributed by atoms with Crippen LogP contribution in [0.4, 0.5) is 21.5 Å². The maximum Gasteiger partial charge on any atom is 0.237 e. The van der Waals surface area contributed by atoms with E-state index in [2.05, 4.69) is 46.1 Å². The minimum Gasteiger partial charge on any atom is -0.369 e. The minimum absolute atomic E-state index is 0.176. The van der Waals surface area contributed by atoms with Gasteiger partial charge in [-0.3, -0.25) is 14.7 Å². The van der Waals surface area contributed by atoms with Crippen molar-refractivity contribution in [2.75, 3.05) is 36.4 Å². The van der Waals surface area contributed by atoms with E-state index in [9.17, 15) is 9.18 Å². The van der Waals surface area contributed by atoms with Crippen LogP contribution in [-0.2, 0) is 4.79 Å². The molecule has 6 heteroatoms. The van der Waals surface area contributed by atoms with E-state index in [4.69, 9.17) is 0 Å². The minimum atomic E-state index is -0.487. The van der Waals surface area contributed by atoms with E-state index in [1.54, 1.807) is 12.3 Å². The van der Waals surface area contributed by atoms with Gasteiger partial charge < -0.3 is 10.2 Å². The first-order chi connectivity index (χ1) is 14.0. The lowest BCUT2D eigenvalue weighted by molar-refractivity contribution is -0.115. The van der Waals surface area contributed by atoms with Crippen LogP contribution in [0.1, 0.15) is 31.7 Å². The summed E-state index contributed by atoms with van der Waals surface area (Å²) >= 11 is 0. The molecule has 0 radical (unpaired) electrons. The van der Waals surface area contributed by atoms with Gasteiger partial charge in [-0.25, -0.2) is 4.39 Å². The largest absolute Gasteiger partial charge is 0.369 e. The van der Waals surface area contributed by atoms with E-state index in [1.807, 2.05) is 12.1 Å². The number of aliphatic imine (C=N–C) groups is 1. The lowest BCUT2D eigenvalue weighted by atomic mass is 10.0. The fraction of sp³-hybridized carbons (Fsp3) is 0.391. The molecule has 0 aliphatic carbocycles. The molecule has 2 unspecified atom stereocenters. The number of halogens is 1. The van der Waals surface area contributed by atoms with Crippen molar-refractivity contribution >= 4 is 29.2 Å². The summed E-state index contributed by atoms with van der Waals surface area (Å²) in [6.45, 7) is 8.77. The summed E-state index contributed by atoms with van der Waals surface area (Å²) in [6, 6.07) is 13.1. The van der Waals surface area contributed by atoms with Gasteiger partial charge in [0.15, 0.2) is 0 Å². The number of rotatable bonds is 5. The number of hydrogen-bond donors (Lipinski definition) is 1. The molecule has 152 valence electrons. The lowest BCUT2D eigenvalue weighted by Gasteiger charge is -2.39. The number of anilines is 2. The average molecular weight is 394 g/mol. The Bertz CT molecular complexity index is 904. The van der Waals surface area contributed by atoms with E-state index in [0.29, 0.717) is 11.7 Å². The molecule has 1 saturated heterocycles. The number of carbonyl (C=O) groups excluding carboxylic acids is 1. The van der Waals surface area contributed by atoms with Gasteiger partial charge in [0.1, 0.15) is 11.7 Å². The number of amides is 1. The van der Waals surface area contributed by atoms with Gasteiger partial charge in [0.2, 0.25) is 5.91 Å². The number of fused-ring (bicyclic) bond motifs is 1. The van der Waals surface area contributed by atoms with Crippen molar-refractivity contribution in [1.29, 1.82) is 0 Å². The van der Waals surface area contributed by atoms with Gasteiger partial charge in [0.05, 0.1) is 5.69 Å². The van der Waals surface area contributed by atoms with Gasteiger partial charge in [-0.15, -0.1) is 0 Å². The molecule has 1 N–H and O–H groups in total. The van der Waals surface area contributed by atoms with Crippen molar-refractivity contribution < 1.29 is 9.18 Å². The highest BCUT2D eigenvalue weighted by molar-refractivity contribution is 6.12. The molecule has 2 aliphatic rings. The second-order valence-electron chi connectivity index (χ2n) is 7.77. The Kier molecular flexibility index (Phi) is 5.62. The highest BCUT2D eigenvalue weighted by Gasteiger charge is 2.29. The van der Waals surface area contributed by atoms with Crippen molar-refractivity contribution in [3.63, 3.8) is 0 Å². The zero-order chi connectivity index (χ0) is 20.4. The first-order valence-electron chi connectivity index (χ1n) is 10.3. The Morgan fingerprint density at radius 3 is 2.59 bits per heavy atom. The molecule has 0 saturated carbocycles. The van der Waals surface area contributed by atoms with Crippen molar-refractivity contribution in [3.8, 4) is 0 Å². The van der Waals surface area contributed by atoms with E-state index in [0.717, 1.165) is 37.4 Å². The van der Waals surface area contributed by atoms with Crippen molar-refractivity contribution in [2.45, 2.75) is 32.2 Å². The van der Waals surface area contributed by atoms with Crippen molar-refractivity contribution in [2.24, 2.45) is 4.99 Å². The maximum atomic E-state index is 13.3. The molecular weight excluding hydrogens is 367 g/mol. The molecule has 0 aromatic heterocycles. The van der Waals surface area contributed by atoms with E-state index in [1.165, 1.54) is 24.2 Å². The third-order valence-electron chi connectivity index (χ3n) is 6.01. The molecule has 0 bridgehead atoms. The number of benzene rings is 2. The van der Waals surface area contributed by atoms with Crippen molar-refractivity contribution in [3.05, 3.63) is 53.8 Å². The van der Waals surface area contributed by atoms with Crippen molar-refractivity contribution in [1.82, 2.24) is 4.90 Å². The second-order valence-corrected chi connectivity index (χ2v) is 7.77. The predicted octanol–water partition coefficient (Wildman–Crippen LogP) is 4.18. The molecule has 29 heavy (non-hydrogen) atoms. The number of hydrogen-bond acceptors (Lipinski definition) is 4. The quantitative estimate of drug-likeness (QED) is 0.774. The molecule has 4 rings (SSSR count). The Labute approximate surface area is 171 Å². The molecule has 2 aliphatic heterocycles. The molecule has 5 nitrogen and oxygen atoms in total. The number of nitrogens with one attached hydrogen (secondary N) is 1. The fourth-order valence-corrected chi connectivity index (χ4v) is 4.00. The zero-order valence-corrected chi connectivity index (χ0v) is 16.9. The van der Waals surface area contributed by atoms with Crippen LogP contribution in [0.3, 0.4) is 0 Å². The van der Waals surface area contributed by atoms with E-state index >= 15 is 0 Å². The molecule has 2 aromatic carbocycles. The normalized spacial score (nSPS) is 20.7. The van der Waals surface area contributed by atoms with Gasteiger partial charge >= 0.3 is 0 Å². The van der Waals surface area contributed by atoms with Gasteiger partial charge in [0.25, 0.3) is 0 Å². The summed E-state index contributed by atoms with van der Waals surface area (Å²) in [4.78, 5) is 21.6. The molecule has 1 fully saturated rings. The van der Waals surface area contributed by atoms with Crippen LogP contribution >= 0.6 is 0 Å². The van der Waals surface area contributed by atoms with Gasteiger partial charge in [-0.1, -0.05) is 13.0 Å². The maximum absolute atomic E-state index is 13.3. The number of carbonyl (C=O) groups is 1. The van der Waals surface area contributed by atoms with Crippen LogP contribution in [0.15, 0.2) is 47.5 Å². The van der Waals surface area contributed by atoms with Crippen LogP contribution in [0.5, 0.6) is 0 Å². The Hall–Kier alpha value is -2.73. The average Bonchev–Trinajstić information content (AvgIpc) is 3.06. The highest BCUT2D eigenvalue weighted by atomic mass is 19.1. The highest BCUT2D eigenvalue weighted by Crippen LogP contribution is 2.32. The molecule has 2 atom stereocenters. The van der Waals surface area contributed by atoms with E-state index in [-0.39, 0.29) is 11.7 Å². The second kappa shape index (κ2) is 8.33. The molecular formula is C23H27FN4O. The standard InChI is InChI=1S/C23H27FN4O/c1-3-16(2)27-10-12-28(13-11-27)19-7-5-18(6-8-19)25-15-21-20-9-4-17(24)14-22(20)26-23(21)29/h4-9,14-16,21H,3,10-13H2,1-2H3,(H,26,29).